The summed E-state index contributed by atoms with van der Waals surface area (Å²) in [7, 11) is 0. The fourth-order valence-electron chi connectivity index (χ4n) is 1.75. The second kappa shape index (κ2) is 4.91. The monoisotopic (exact) mass is 232 g/mol. The lowest BCUT2D eigenvalue weighted by Crippen LogP contribution is -2.03. The summed E-state index contributed by atoms with van der Waals surface area (Å²) >= 11 is 0. The summed E-state index contributed by atoms with van der Waals surface area (Å²) < 4.78 is 15.6. The molecule has 0 aliphatic heterocycles. The lowest BCUT2D eigenvalue weighted by molar-refractivity contribution is 0.112. The molecule has 0 atom stereocenters. The molecule has 3 nitrogen and oxygen atoms in total. The van der Waals surface area contributed by atoms with Gasteiger partial charge in [-0.05, 0) is 18.6 Å². The maximum absolute atomic E-state index is 13.7. The van der Waals surface area contributed by atoms with Crippen LogP contribution < -0.4 is 0 Å². The van der Waals surface area contributed by atoms with Crippen molar-refractivity contribution in [2.45, 2.75) is 19.9 Å². The SMILES string of the molecule is CCn1ccnc1Cc1ccc(C=O)cc1F. The van der Waals surface area contributed by atoms with Crippen LogP contribution in [-0.2, 0) is 13.0 Å². The highest BCUT2D eigenvalue weighted by Crippen LogP contribution is 2.13. The number of benzene rings is 1. The third-order valence-corrected chi connectivity index (χ3v) is 2.70. The molecule has 17 heavy (non-hydrogen) atoms. The van der Waals surface area contributed by atoms with Gasteiger partial charge < -0.3 is 4.57 Å². The van der Waals surface area contributed by atoms with E-state index in [2.05, 4.69) is 4.98 Å². The van der Waals surface area contributed by atoms with Gasteiger partial charge in [-0.15, -0.1) is 0 Å². The van der Waals surface area contributed by atoms with E-state index in [-0.39, 0.29) is 5.82 Å². The van der Waals surface area contributed by atoms with Crippen molar-refractivity contribution in [1.29, 1.82) is 0 Å². The van der Waals surface area contributed by atoms with Gasteiger partial charge in [0.2, 0.25) is 0 Å². The molecule has 0 saturated carbocycles. The summed E-state index contributed by atoms with van der Waals surface area (Å²) in [6, 6.07) is 4.50. The standard InChI is InChI=1S/C13H13FN2O/c1-2-16-6-5-15-13(16)8-11-4-3-10(9-17)7-12(11)14/h3-7,9H,2,8H2,1H3. The van der Waals surface area contributed by atoms with Crippen LogP contribution in [0.4, 0.5) is 4.39 Å². The van der Waals surface area contributed by atoms with Crippen molar-refractivity contribution in [3.05, 3.63) is 53.4 Å². The average Bonchev–Trinajstić information content (AvgIpc) is 2.79. The van der Waals surface area contributed by atoms with Crippen LogP contribution in [0.2, 0.25) is 0 Å². The first-order valence-corrected chi connectivity index (χ1v) is 5.48. The molecule has 1 aromatic carbocycles. The van der Waals surface area contributed by atoms with Crippen LogP contribution in [0.15, 0.2) is 30.6 Å². The van der Waals surface area contributed by atoms with Gasteiger partial charge in [0.15, 0.2) is 0 Å². The zero-order chi connectivity index (χ0) is 12.3. The van der Waals surface area contributed by atoms with Gasteiger partial charge >= 0.3 is 0 Å². The summed E-state index contributed by atoms with van der Waals surface area (Å²) in [4.78, 5) is 14.7. The molecule has 2 rings (SSSR count). The zero-order valence-electron chi connectivity index (χ0n) is 9.56. The maximum Gasteiger partial charge on any atom is 0.150 e. The van der Waals surface area contributed by atoms with Gasteiger partial charge in [-0.25, -0.2) is 9.37 Å². The van der Waals surface area contributed by atoms with Gasteiger partial charge in [0.25, 0.3) is 0 Å². The lowest BCUT2D eigenvalue weighted by Gasteiger charge is -2.06. The Bertz CT molecular complexity index is 534. The third-order valence-electron chi connectivity index (χ3n) is 2.70. The summed E-state index contributed by atoms with van der Waals surface area (Å²) in [5.41, 5.74) is 0.904. The van der Waals surface area contributed by atoms with Crippen LogP contribution >= 0.6 is 0 Å². The highest BCUT2D eigenvalue weighted by Gasteiger charge is 2.08. The van der Waals surface area contributed by atoms with E-state index >= 15 is 0 Å². The molecule has 2 aromatic rings. The second-order valence-corrected chi connectivity index (χ2v) is 3.77. The first-order chi connectivity index (χ1) is 8.24. The Labute approximate surface area is 98.9 Å². The van der Waals surface area contributed by atoms with Crippen molar-refractivity contribution in [2.24, 2.45) is 0 Å². The molecule has 0 N–H and O–H groups in total. The summed E-state index contributed by atoms with van der Waals surface area (Å²) in [5.74, 6) is 0.463. The topological polar surface area (TPSA) is 34.9 Å². The van der Waals surface area contributed by atoms with Crippen LogP contribution in [0.25, 0.3) is 0 Å². The molecule has 4 heteroatoms. The number of hydrogen-bond acceptors (Lipinski definition) is 2. The Morgan fingerprint density at radius 2 is 2.29 bits per heavy atom. The Balaban J connectivity index is 2.27. The van der Waals surface area contributed by atoms with E-state index in [1.165, 1.54) is 6.07 Å². The number of carbonyl (C=O) groups excluding carboxylic acids is 1. The molecular formula is C13H13FN2O. The molecule has 0 bridgehead atoms. The van der Waals surface area contributed by atoms with Crippen molar-refractivity contribution in [3.63, 3.8) is 0 Å². The van der Waals surface area contributed by atoms with Crippen molar-refractivity contribution < 1.29 is 9.18 Å². The third kappa shape index (κ3) is 2.41. The van der Waals surface area contributed by atoms with Crippen LogP contribution in [-0.4, -0.2) is 15.8 Å². The van der Waals surface area contributed by atoms with Crippen LogP contribution in [0.1, 0.15) is 28.7 Å². The summed E-state index contributed by atoms with van der Waals surface area (Å²) in [6.07, 6.45) is 4.65. The molecular weight excluding hydrogens is 219 g/mol. The molecule has 0 fully saturated rings. The molecule has 0 aliphatic rings. The Hall–Kier alpha value is -1.97. The van der Waals surface area contributed by atoms with Crippen molar-refractivity contribution in [3.8, 4) is 0 Å². The Morgan fingerprint density at radius 1 is 1.47 bits per heavy atom. The normalized spacial score (nSPS) is 10.5. The van der Waals surface area contributed by atoms with Gasteiger partial charge in [-0.2, -0.15) is 0 Å². The van der Waals surface area contributed by atoms with Crippen LogP contribution in [0.3, 0.4) is 0 Å². The molecule has 1 aromatic heterocycles. The molecule has 0 saturated heterocycles. The fourth-order valence-corrected chi connectivity index (χ4v) is 1.75. The molecule has 1 heterocycles. The minimum absolute atomic E-state index is 0.352. The Kier molecular flexibility index (Phi) is 3.32. The van der Waals surface area contributed by atoms with Crippen LogP contribution in [0, 0.1) is 5.82 Å². The Morgan fingerprint density at radius 3 is 2.94 bits per heavy atom. The van der Waals surface area contributed by atoms with Crippen molar-refractivity contribution in [1.82, 2.24) is 9.55 Å². The maximum atomic E-state index is 13.7. The average molecular weight is 232 g/mol. The largest absolute Gasteiger partial charge is 0.335 e. The second-order valence-electron chi connectivity index (χ2n) is 3.77. The van der Waals surface area contributed by atoms with Crippen molar-refractivity contribution >= 4 is 6.29 Å². The fraction of sp³-hybridized carbons (Fsp3) is 0.231. The van der Waals surface area contributed by atoms with Gasteiger partial charge in [-0.3, -0.25) is 4.79 Å². The lowest BCUT2D eigenvalue weighted by atomic mass is 10.1. The number of imidazole rings is 1. The molecule has 88 valence electrons. The minimum Gasteiger partial charge on any atom is -0.335 e. The van der Waals surface area contributed by atoms with Crippen LogP contribution in [0.5, 0.6) is 0 Å². The van der Waals surface area contributed by atoms with Crippen molar-refractivity contribution in [2.75, 3.05) is 0 Å². The highest BCUT2D eigenvalue weighted by molar-refractivity contribution is 5.74. The number of aryl methyl sites for hydroxylation is 1. The predicted octanol–water partition coefficient (Wildman–Crippen LogP) is 2.45. The van der Waals surface area contributed by atoms with Gasteiger partial charge in [0.05, 0.1) is 0 Å². The van der Waals surface area contributed by atoms with E-state index < -0.39 is 0 Å². The number of rotatable bonds is 4. The molecule has 0 unspecified atom stereocenters. The molecule has 0 aliphatic carbocycles. The number of aldehydes is 1. The van der Waals surface area contributed by atoms with E-state index in [4.69, 9.17) is 0 Å². The van der Waals surface area contributed by atoms with E-state index in [1.807, 2.05) is 17.7 Å². The first-order valence-electron chi connectivity index (χ1n) is 5.48. The predicted molar refractivity (Wildman–Crippen MR) is 62.5 cm³/mol. The van der Waals surface area contributed by atoms with Gasteiger partial charge in [-0.1, -0.05) is 12.1 Å². The number of halogens is 1. The number of aromatic nitrogens is 2. The molecule has 0 amide bonds. The summed E-state index contributed by atoms with van der Waals surface area (Å²) in [6.45, 7) is 2.82. The van der Waals surface area contributed by atoms with Gasteiger partial charge in [0, 0.05) is 30.9 Å². The number of hydrogen-bond donors (Lipinski definition) is 0. The van der Waals surface area contributed by atoms with E-state index in [0.29, 0.717) is 23.8 Å². The first kappa shape index (κ1) is 11.5. The smallest absolute Gasteiger partial charge is 0.150 e. The van der Waals surface area contributed by atoms with E-state index in [9.17, 15) is 9.18 Å². The summed E-state index contributed by atoms with van der Waals surface area (Å²) in [5, 5.41) is 0. The highest BCUT2D eigenvalue weighted by atomic mass is 19.1. The molecule has 0 radical (unpaired) electrons. The van der Waals surface area contributed by atoms with Gasteiger partial charge in [0.1, 0.15) is 17.9 Å². The zero-order valence-corrected chi connectivity index (χ0v) is 9.56. The quantitative estimate of drug-likeness (QED) is 0.759. The van der Waals surface area contributed by atoms with E-state index in [0.717, 1.165) is 12.4 Å². The number of carbonyl (C=O) groups is 1. The molecule has 0 spiro atoms. The van der Waals surface area contributed by atoms with E-state index in [1.54, 1.807) is 18.3 Å². The minimum atomic E-state index is -0.361. The number of nitrogens with zero attached hydrogens (tertiary/aromatic N) is 2.